The third kappa shape index (κ3) is 3.48. The fraction of sp³-hybridized carbons (Fsp3) is 0.412. The van der Waals surface area contributed by atoms with Crippen LogP contribution in [0.5, 0.6) is 0 Å². The number of carbonyl (C=O) groups is 1. The van der Waals surface area contributed by atoms with E-state index in [0.29, 0.717) is 16.6 Å². The van der Waals surface area contributed by atoms with Crippen molar-refractivity contribution in [1.82, 2.24) is 34.7 Å². The Hall–Kier alpha value is -2.68. The summed E-state index contributed by atoms with van der Waals surface area (Å²) >= 11 is 1.15. The van der Waals surface area contributed by atoms with Gasteiger partial charge in [0.05, 0.1) is 29.8 Å². The molecule has 1 amide bonds. The highest BCUT2D eigenvalue weighted by molar-refractivity contribution is 7.08. The molecule has 0 atom stereocenters. The molecular weight excluding hydrogens is 350 g/mol. The van der Waals surface area contributed by atoms with Gasteiger partial charge in [-0.1, -0.05) is 4.49 Å². The molecule has 3 aromatic rings. The first-order chi connectivity index (χ1) is 12.7. The second-order valence-electron chi connectivity index (χ2n) is 6.47. The number of aromatic nitrogens is 6. The van der Waals surface area contributed by atoms with Gasteiger partial charge in [0.2, 0.25) is 0 Å². The van der Waals surface area contributed by atoms with Crippen LogP contribution in [-0.2, 0) is 0 Å². The molecule has 26 heavy (non-hydrogen) atoms. The minimum absolute atomic E-state index is 0.0648. The molecule has 9 heteroatoms. The maximum Gasteiger partial charge on any atom is 0.265 e. The Kier molecular flexibility index (Phi) is 4.70. The summed E-state index contributed by atoms with van der Waals surface area (Å²) in [5, 5.41) is 11.5. The van der Waals surface area contributed by atoms with Crippen LogP contribution in [0, 0.1) is 6.92 Å². The summed E-state index contributed by atoms with van der Waals surface area (Å²) in [5.74, 6) is -0.0648. The van der Waals surface area contributed by atoms with Crippen LogP contribution in [0.1, 0.15) is 47.1 Å². The summed E-state index contributed by atoms with van der Waals surface area (Å²) in [6.07, 6.45) is 12.8. The quantitative estimate of drug-likeness (QED) is 0.758. The molecule has 0 radical (unpaired) electrons. The molecule has 1 aliphatic rings. The first kappa shape index (κ1) is 16.8. The van der Waals surface area contributed by atoms with Crippen molar-refractivity contribution < 1.29 is 4.79 Å². The van der Waals surface area contributed by atoms with E-state index in [2.05, 4.69) is 30.0 Å². The number of nitrogens with zero attached hydrogens (tertiary/aromatic N) is 6. The highest BCUT2D eigenvalue weighted by atomic mass is 32.1. The number of nitrogens with one attached hydrogen (secondary N) is 1. The Balaban J connectivity index is 1.35. The van der Waals surface area contributed by atoms with Crippen molar-refractivity contribution in [3.05, 3.63) is 41.6 Å². The van der Waals surface area contributed by atoms with Crippen LogP contribution in [0.25, 0.3) is 11.3 Å². The minimum Gasteiger partial charge on any atom is -0.348 e. The van der Waals surface area contributed by atoms with E-state index in [0.717, 1.165) is 48.5 Å². The van der Waals surface area contributed by atoms with Crippen molar-refractivity contribution in [2.75, 3.05) is 0 Å². The Morgan fingerprint density at radius 1 is 1.23 bits per heavy atom. The van der Waals surface area contributed by atoms with E-state index in [1.54, 1.807) is 18.6 Å². The molecule has 1 N–H and O–H groups in total. The zero-order valence-electron chi connectivity index (χ0n) is 14.4. The van der Waals surface area contributed by atoms with Gasteiger partial charge < -0.3 is 5.32 Å². The third-order valence-electron chi connectivity index (χ3n) is 4.72. The zero-order chi connectivity index (χ0) is 17.9. The average Bonchev–Trinajstić information content (AvgIpc) is 3.32. The van der Waals surface area contributed by atoms with E-state index >= 15 is 0 Å². The fourth-order valence-corrected chi connectivity index (χ4v) is 3.85. The van der Waals surface area contributed by atoms with Gasteiger partial charge in [-0.05, 0) is 44.1 Å². The van der Waals surface area contributed by atoms with Crippen molar-refractivity contribution in [3.8, 4) is 11.3 Å². The number of amides is 1. The number of hydrogen-bond donors (Lipinski definition) is 1. The van der Waals surface area contributed by atoms with E-state index in [1.165, 1.54) is 0 Å². The van der Waals surface area contributed by atoms with E-state index in [4.69, 9.17) is 0 Å². The minimum atomic E-state index is -0.0648. The van der Waals surface area contributed by atoms with Gasteiger partial charge in [0.15, 0.2) is 0 Å². The van der Waals surface area contributed by atoms with E-state index in [9.17, 15) is 4.79 Å². The van der Waals surface area contributed by atoms with Crippen LogP contribution >= 0.6 is 11.5 Å². The Bertz CT molecular complexity index is 883. The summed E-state index contributed by atoms with van der Waals surface area (Å²) < 4.78 is 5.84. The molecule has 0 unspecified atom stereocenters. The molecule has 3 aromatic heterocycles. The van der Waals surface area contributed by atoms with Crippen molar-refractivity contribution in [2.24, 2.45) is 0 Å². The molecule has 1 saturated carbocycles. The van der Waals surface area contributed by atoms with Crippen molar-refractivity contribution >= 4 is 17.4 Å². The molecule has 4 rings (SSSR count). The summed E-state index contributed by atoms with van der Waals surface area (Å²) in [4.78, 5) is 21.3. The number of rotatable bonds is 4. The topological polar surface area (TPSA) is 98.5 Å². The second-order valence-corrected chi connectivity index (χ2v) is 7.22. The number of aryl methyl sites for hydroxylation is 1. The lowest BCUT2D eigenvalue weighted by atomic mass is 9.91. The van der Waals surface area contributed by atoms with Crippen LogP contribution in [0.3, 0.4) is 0 Å². The van der Waals surface area contributed by atoms with Gasteiger partial charge in [-0.15, -0.1) is 5.10 Å². The summed E-state index contributed by atoms with van der Waals surface area (Å²) in [6.45, 7) is 1.81. The van der Waals surface area contributed by atoms with Gasteiger partial charge >= 0.3 is 0 Å². The predicted octanol–water partition coefficient (Wildman–Crippen LogP) is 2.41. The normalized spacial score (nSPS) is 20.0. The fourth-order valence-electron chi connectivity index (χ4n) is 3.29. The van der Waals surface area contributed by atoms with Crippen LogP contribution in [-0.4, -0.2) is 41.3 Å². The van der Waals surface area contributed by atoms with Gasteiger partial charge in [-0.25, -0.2) is 0 Å². The van der Waals surface area contributed by atoms with Crippen LogP contribution in [0.4, 0.5) is 0 Å². The molecule has 1 aliphatic carbocycles. The van der Waals surface area contributed by atoms with Gasteiger partial charge in [0.25, 0.3) is 5.91 Å². The molecule has 1 fully saturated rings. The lowest BCUT2D eigenvalue weighted by molar-refractivity contribution is 0.0925. The first-order valence-electron chi connectivity index (χ1n) is 8.61. The molecule has 0 saturated heterocycles. The maximum atomic E-state index is 12.3. The molecule has 0 aliphatic heterocycles. The largest absolute Gasteiger partial charge is 0.348 e. The molecule has 3 heterocycles. The molecular formula is C17H19N7OS. The van der Waals surface area contributed by atoms with Crippen molar-refractivity contribution in [3.63, 3.8) is 0 Å². The molecule has 0 bridgehead atoms. The summed E-state index contributed by atoms with van der Waals surface area (Å²) in [7, 11) is 0. The molecule has 0 aromatic carbocycles. The van der Waals surface area contributed by atoms with Gasteiger partial charge in [0.1, 0.15) is 4.88 Å². The molecule has 0 spiro atoms. The van der Waals surface area contributed by atoms with Crippen molar-refractivity contribution in [2.45, 2.75) is 44.7 Å². The average molecular weight is 369 g/mol. The monoisotopic (exact) mass is 369 g/mol. The van der Waals surface area contributed by atoms with E-state index in [-0.39, 0.29) is 11.9 Å². The highest BCUT2D eigenvalue weighted by Gasteiger charge is 2.25. The number of carbonyl (C=O) groups excluding carboxylic acids is 1. The lowest BCUT2D eigenvalue weighted by Gasteiger charge is -2.29. The Morgan fingerprint density at radius 2 is 2.08 bits per heavy atom. The predicted molar refractivity (Wildman–Crippen MR) is 96.7 cm³/mol. The Morgan fingerprint density at radius 3 is 2.77 bits per heavy atom. The maximum absolute atomic E-state index is 12.3. The Labute approximate surface area is 154 Å². The van der Waals surface area contributed by atoms with Gasteiger partial charge in [0, 0.05) is 30.2 Å². The third-order valence-corrected chi connectivity index (χ3v) is 5.55. The zero-order valence-corrected chi connectivity index (χ0v) is 15.2. The second kappa shape index (κ2) is 7.28. The standard InChI is InChI=1S/C17H19N7OS/c1-11-16(26-23-22-11)17(25)21-13-2-4-14(5-3-13)24-10-12(8-20-24)15-9-18-6-7-19-15/h6-10,13-14H,2-5H2,1H3,(H,21,25). The molecule has 134 valence electrons. The lowest BCUT2D eigenvalue weighted by Crippen LogP contribution is -2.38. The van der Waals surface area contributed by atoms with Gasteiger partial charge in [-0.3, -0.25) is 19.4 Å². The van der Waals surface area contributed by atoms with E-state index in [1.807, 2.05) is 24.0 Å². The smallest absolute Gasteiger partial charge is 0.265 e. The SMILES string of the molecule is Cc1nnsc1C(=O)NC1CCC(n2cc(-c3cnccn3)cn2)CC1. The first-order valence-corrected chi connectivity index (χ1v) is 9.38. The summed E-state index contributed by atoms with van der Waals surface area (Å²) in [5.41, 5.74) is 2.49. The molecule has 8 nitrogen and oxygen atoms in total. The van der Waals surface area contributed by atoms with Gasteiger partial charge in [-0.2, -0.15) is 5.10 Å². The number of hydrogen-bond acceptors (Lipinski definition) is 7. The van der Waals surface area contributed by atoms with Crippen LogP contribution in [0.15, 0.2) is 31.0 Å². The summed E-state index contributed by atoms with van der Waals surface area (Å²) in [6, 6.07) is 0.538. The highest BCUT2D eigenvalue weighted by Crippen LogP contribution is 2.29. The van der Waals surface area contributed by atoms with Crippen molar-refractivity contribution in [1.29, 1.82) is 0 Å². The van der Waals surface area contributed by atoms with E-state index < -0.39 is 0 Å². The van der Waals surface area contributed by atoms with Crippen LogP contribution in [0.2, 0.25) is 0 Å². The van der Waals surface area contributed by atoms with Crippen LogP contribution < -0.4 is 5.32 Å².